The van der Waals surface area contributed by atoms with E-state index < -0.39 is 13.5 Å². The maximum atomic E-state index is 8.11. The van der Waals surface area contributed by atoms with E-state index in [0.717, 1.165) is 0 Å². The van der Waals surface area contributed by atoms with E-state index in [9.17, 15) is 0 Å². The van der Waals surface area contributed by atoms with E-state index in [0.29, 0.717) is 6.42 Å². The Labute approximate surface area is 48.4 Å². The van der Waals surface area contributed by atoms with Gasteiger partial charge in [0, 0.05) is 0 Å². The molecule has 0 aliphatic carbocycles. The van der Waals surface area contributed by atoms with Gasteiger partial charge in [-0.05, 0) is 6.42 Å². The third kappa shape index (κ3) is 4.07. The van der Waals surface area contributed by atoms with Crippen molar-refractivity contribution in [3.05, 3.63) is 0 Å². The second-order valence-corrected chi connectivity index (χ2v) is 1.41. The highest BCUT2D eigenvalue weighted by atomic mass is 16.6. The van der Waals surface area contributed by atoms with Crippen molar-refractivity contribution in [1.29, 1.82) is 0 Å². The van der Waals surface area contributed by atoms with Crippen LogP contribution in [0.2, 0.25) is 0 Å². The third-order valence-corrected chi connectivity index (χ3v) is 0.699. The van der Waals surface area contributed by atoms with Crippen LogP contribution in [-0.2, 0) is 4.65 Å². The van der Waals surface area contributed by atoms with Crippen LogP contribution < -0.4 is 5.73 Å². The zero-order valence-corrected chi connectivity index (χ0v) is 4.74. The average Bonchev–Trinajstić information content (AvgIpc) is 1.65. The summed E-state index contributed by atoms with van der Waals surface area (Å²) in [5.41, 5.74) is 5.13. The largest absolute Gasteiger partial charge is 0.635 e. The number of nitrogens with two attached hydrogens (primary N) is 1. The Bertz CT molecular complexity index is 60.5. The van der Waals surface area contributed by atoms with Crippen molar-refractivity contribution < 1.29 is 14.7 Å². The Morgan fingerprint density at radius 3 is 2.38 bits per heavy atom. The quantitative estimate of drug-likeness (QED) is 0.317. The first-order valence-corrected chi connectivity index (χ1v) is 2.44. The fraction of sp³-hybridized carbons (Fsp3) is 1.00. The monoisotopic (exact) mass is 119 g/mol. The fourth-order valence-corrected chi connectivity index (χ4v) is 0.253. The smallest absolute Gasteiger partial charge is 0.402 e. The summed E-state index contributed by atoms with van der Waals surface area (Å²) in [5.74, 6) is 0. The van der Waals surface area contributed by atoms with Crippen LogP contribution in [0.15, 0.2) is 0 Å². The zero-order valence-electron chi connectivity index (χ0n) is 4.74. The van der Waals surface area contributed by atoms with Gasteiger partial charge in [-0.1, -0.05) is 6.92 Å². The standard InChI is InChI=1S/C3H10BNO3/c1-2-3(5)8-4(6)7/h3,6-7H,2,5H2,1H3. The summed E-state index contributed by atoms with van der Waals surface area (Å²) in [6.07, 6.45) is -0.00699. The molecule has 4 N–H and O–H groups in total. The van der Waals surface area contributed by atoms with Gasteiger partial charge in [0.25, 0.3) is 0 Å². The molecule has 48 valence electrons. The summed E-state index contributed by atoms with van der Waals surface area (Å²) >= 11 is 0. The van der Waals surface area contributed by atoms with E-state index in [1.54, 1.807) is 6.92 Å². The summed E-state index contributed by atoms with van der Waals surface area (Å²) in [4.78, 5) is 0. The van der Waals surface area contributed by atoms with Crippen molar-refractivity contribution in [2.75, 3.05) is 0 Å². The first kappa shape index (κ1) is 7.90. The van der Waals surface area contributed by atoms with Crippen LogP contribution in [0.3, 0.4) is 0 Å². The predicted molar refractivity (Wildman–Crippen MR) is 29.5 cm³/mol. The normalized spacial score (nSPS) is 13.5. The zero-order chi connectivity index (χ0) is 6.57. The Morgan fingerprint density at radius 1 is 1.75 bits per heavy atom. The summed E-state index contributed by atoms with van der Waals surface area (Å²) < 4.78 is 4.29. The molecule has 0 aliphatic rings. The van der Waals surface area contributed by atoms with Crippen molar-refractivity contribution in [2.45, 2.75) is 19.6 Å². The number of rotatable bonds is 3. The maximum Gasteiger partial charge on any atom is 0.635 e. The molecule has 0 aromatic heterocycles. The van der Waals surface area contributed by atoms with Crippen LogP contribution >= 0.6 is 0 Å². The first-order valence-electron chi connectivity index (χ1n) is 2.44. The lowest BCUT2D eigenvalue weighted by Crippen LogP contribution is -2.31. The van der Waals surface area contributed by atoms with Crippen LogP contribution in [-0.4, -0.2) is 23.6 Å². The molecule has 5 heteroatoms. The minimum atomic E-state index is -1.75. The summed E-state index contributed by atoms with van der Waals surface area (Å²) in [7, 11) is -1.75. The van der Waals surface area contributed by atoms with Crippen molar-refractivity contribution in [1.82, 2.24) is 0 Å². The molecule has 4 nitrogen and oxygen atoms in total. The lowest BCUT2D eigenvalue weighted by Gasteiger charge is -2.07. The lowest BCUT2D eigenvalue weighted by molar-refractivity contribution is 0.119. The molecular weight excluding hydrogens is 109 g/mol. The van der Waals surface area contributed by atoms with E-state index in [-0.39, 0.29) is 0 Å². The molecule has 1 unspecified atom stereocenters. The predicted octanol–water partition coefficient (Wildman–Crippen LogP) is -1.33. The minimum absolute atomic E-state index is 0.567. The lowest BCUT2D eigenvalue weighted by atomic mass is 10.2. The van der Waals surface area contributed by atoms with Crippen molar-refractivity contribution >= 4 is 7.32 Å². The van der Waals surface area contributed by atoms with E-state index in [1.165, 1.54) is 0 Å². The van der Waals surface area contributed by atoms with Crippen molar-refractivity contribution in [2.24, 2.45) is 5.73 Å². The van der Waals surface area contributed by atoms with Crippen LogP contribution in [0.5, 0.6) is 0 Å². The molecule has 0 aromatic carbocycles. The van der Waals surface area contributed by atoms with Crippen molar-refractivity contribution in [3.63, 3.8) is 0 Å². The molecule has 0 aromatic rings. The Hall–Kier alpha value is -0.0951. The minimum Gasteiger partial charge on any atom is -0.402 e. The average molecular weight is 119 g/mol. The van der Waals surface area contributed by atoms with Gasteiger partial charge in [0.15, 0.2) is 0 Å². The van der Waals surface area contributed by atoms with Crippen LogP contribution in [0.25, 0.3) is 0 Å². The fourth-order valence-electron chi connectivity index (χ4n) is 0.253. The van der Waals surface area contributed by atoms with Gasteiger partial charge >= 0.3 is 7.32 Å². The molecule has 0 heterocycles. The van der Waals surface area contributed by atoms with Crippen LogP contribution in [0.4, 0.5) is 0 Å². The highest BCUT2D eigenvalue weighted by molar-refractivity contribution is 6.32. The highest BCUT2D eigenvalue weighted by Crippen LogP contribution is 1.87. The summed E-state index contributed by atoms with van der Waals surface area (Å²) in [6, 6.07) is 0. The van der Waals surface area contributed by atoms with Gasteiger partial charge in [-0.2, -0.15) is 0 Å². The summed E-state index contributed by atoms with van der Waals surface area (Å²) in [5, 5.41) is 16.2. The van der Waals surface area contributed by atoms with E-state index >= 15 is 0 Å². The van der Waals surface area contributed by atoms with Gasteiger partial charge in [0.1, 0.15) is 0 Å². The second kappa shape index (κ2) is 3.85. The summed E-state index contributed by atoms with van der Waals surface area (Å²) in [6.45, 7) is 1.78. The molecule has 0 rings (SSSR count). The molecular formula is C3H10BNO3. The van der Waals surface area contributed by atoms with Gasteiger partial charge in [-0.15, -0.1) is 0 Å². The van der Waals surface area contributed by atoms with Crippen molar-refractivity contribution in [3.8, 4) is 0 Å². The molecule has 8 heavy (non-hydrogen) atoms. The Kier molecular flexibility index (Phi) is 3.81. The molecule has 0 fully saturated rings. The maximum absolute atomic E-state index is 8.11. The molecule has 0 radical (unpaired) electrons. The Balaban J connectivity index is 3.10. The molecule has 0 aliphatic heterocycles. The van der Waals surface area contributed by atoms with Crippen LogP contribution in [0, 0.1) is 0 Å². The van der Waals surface area contributed by atoms with E-state index in [1.807, 2.05) is 0 Å². The third-order valence-electron chi connectivity index (χ3n) is 0.699. The second-order valence-electron chi connectivity index (χ2n) is 1.41. The highest BCUT2D eigenvalue weighted by Gasteiger charge is 2.11. The van der Waals surface area contributed by atoms with Gasteiger partial charge in [0.05, 0.1) is 6.23 Å². The molecule has 0 saturated heterocycles. The van der Waals surface area contributed by atoms with Gasteiger partial charge in [-0.3, -0.25) is 0 Å². The first-order chi connectivity index (χ1) is 3.66. The Morgan fingerprint density at radius 2 is 2.25 bits per heavy atom. The van der Waals surface area contributed by atoms with E-state index in [4.69, 9.17) is 15.8 Å². The van der Waals surface area contributed by atoms with Gasteiger partial charge < -0.3 is 20.4 Å². The molecule has 0 amide bonds. The SMILES string of the molecule is CCC(N)OB(O)O. The topological polar surface area (TPSA) is 75.7 Å². The molecule has 0 bridgehead atoms. The number of hydrogen-bond acceptors (Lipinski definition) is 4. The van der Waals surface area contributed by atoms with Gasteiger partial charge in [0.2, 0.25) is 0 Å². The number of hydrogen-bond donors (Lipinski definition) is 3. The molecule has 0 spiro atoms. The van der Waals surface area contributed by atoms with E-state index in [2.05, 4.69) is 4.65 Å². The molecule has 0 saturated carbocycles. The van der Waals surface area contributed by atoms with Gasteiger partial charge in [-0.25, -0.2) is 0 Å². The van der Waals surface area contributed by atoms with Crippen LogP contribution in [0.1, 0.15) is 13.3 Å². The molecule has 1 atom stereocenters.